The fourth-order valence-electron chi connectivity index (χ4n) is 3.03. The molecule has 27 heavy (non-hydrogen) atoms. The lowest BCUT2D eigenvalue weighted by molar-refractivity contribution is -0.00808. The molecule has 1 fully saturated rings. The maximum absolute atomic E-state index is 5.96. The van der Waals surface area contributed by atoms with Crippen molar-refractivity contribution in [3.63, 3.8) is 0 Å². The molecule has 148 valence electrons. The molecule has 0 spiro atoms. The predicted molar refractivity (Wildman–Crippen MR) is 103 cm³/mol. The second-order valence-corrected chi connectivity index (χ2v) is 6.90. The Morgan fingerprint density at radius 2 is 2.22 bits per heavy atom. The highest BCUT2D eigenvalue weighted by molar-refractivity contribution is 5.80. The molecule has 3 rings (SSSR count). The molecule has 1 N–H and O–H groups in total. The average molecular weight is 374 g/mol. The van der Waals surface area contributed by atoms with E-state index in [9.17, 15) is 0 Å². The fraction of sp³-hybridized carbons (Fsp3) is 0.667. The number of hydrogen-bond acceptors (Lipinski definition) is 5. The fourth-order valence-corrected chi connectivity index (χ4v) is 3.03. The number of hydrogen-bond donors (Lipinski definition) is 1. The first-order valence-electron chi connectivity index (χ1n) is 9.56. The summed E-state index contributed by atoms with van der Waals surface area (Å²) in [6.07, 6.45) is 6.14. The van der Waals surface area contributed by atoms with E-state index in [0.29, 0.717) is 13.2 Å². The number of unbranched alkanes of at least 4 members (excludes halogenated alkanes) is 1. The Balaban J connectivity index is 1.72. The Labute approximate surface area is 160 Å². The molecule has 2 aromatic heterocycles. The Morgan fingerprint density at radius 1 is 1.37 bits per heavy atom. The molecular weight excluding hydrogens is 344 g/mol. The van der Waals surface area contributed by atoms with Crippen LogP contribution in [0.3, 0.4) is 0 Å². The van der Waals surface area contributed by atoms with E-state index in [0.717, 1.165) is 55.6 Å². The lowest BCUT2D eigenvalue weighted by atomic mass is 10.1. The van der Waals surface area contributed by atoms with Crippen LogP contribution in [0.2, 0.25) is 0 Å². The number of aliphatic imine (C=N–C) groups is 1. The molecular formula is C18H30N8O. The molecule has 1 atom stereocenters. The summed E-state index contributed by atoms with van der Waals surface area (Å²) in [5.74, 6) is 2.66. The molecule has 1 saturated heterocycles. The van der Waals surface area contributed by atoms with Gasteiger partial charge >= 0.3 is 0 Å². The molecule has 1 aliphatic heterocycles. The number of ether oxygens (including phenoxy) is 1. The van der Waals surface area contributed by atoms with E-state index in [1.807, 2.05) is 42.7 Å². The molecule has 0 bridgehead atoms. The SMILES string of the molecule is CCCCNC(=NCc1nnc(C)n1C)N1CCOC(c2cnn(C)c2)C1. The molecule has 0 saturated carbocycles. The summed E-state index contributed by atoms with van der Waals surface area (Å²) >= 11 is 0. The third-order valence-corrected chi connectivity index (χ3v) is 4.83. The van der Waals surface area contributed by atoms with Crippen LogP contribution in [0.25, 0.3) is 0 Å². The van der Waals surface area contributed by atoms with Crippen LogP contribution < -0.4 is 5.32 Å². The van der Waals surface area contributed by atoms with Crippen molar-refractivity contribution < 1.29 is 4.74 Å². The predicted octanol–water partition coefficient (Wildman–Crippen LogP) is 1.18. The monoisotopic (exact) mass is 374 g/mol. The second-order valence-electron chi connectivity index (χ2n) is 6.90. The van der Waals surface area contributed by atoms with Gasteiger partial charge in [-0.3, -0.25) is 4.68 Å². The van der Waals surface area contributed by atoms with Crippen LogP contribution in [0.4, 0.5) is 0 Å². The van der Waals surface area contributed by atoms with Gasteiger partial charge in [-0.05, 0) is 13.3 Å². The Bertz CT molecular complexity index is 765. The highest BCUT2D eigenvalue weighted by atomic mass is 16.5. The standard InChI is InChI=1S/C18H30N8O/c1-5-6-7-19-18(20-11-17-23-22-14(2)25(17)4)26-8-9-27-16(13-26)15-10-21-24(3)12-15/h10,12,16H,5-9,11,13H2,1-4H3,(H,19,20). The molecule has 2 aromatic rings. The number of nitrogens with zero attached hydrogens (tertiary/aromatic N) is 7. The minimum atomic E-state index is 0.00250. The smallest absolute Gasteiger partial charge is 0.194 e. The highest BCUT2D eigenvalue weighted by Crippen LogP contribution is 2.21. The van der Waals surface area contributed by atoms with E-state index in [-0.39, 0.29) is 6.10 Å². The van der Waals surface area contributed by atoms with Crippen molar-refractivity contribution in [3.05, 3.63) is 29.6 Å². The summed E-state index contributed by atoms with van der Waals surface area (Å²) in [5, 5.41) is 16.1. The van der Waals surface area contributed by atoms with Gasteiger partial charge in [-0.2, -0.15) is 5.10 Å². The van der Waals surface area contributed by atoms with Crippen molar-refractivity contribution in [2.45, 2.75) is 39.3 Å². The Morgan fingerprint density at radius 3 is 2.89 bits per heavy atom. The van der Waals surface area contributed by atoms with Crippen LogP contribution in [0.5, 0.6) is 0 Å². The van der Waals surface area contributed by atoms with Gasteiger partial charge in [0.15, 0.2) is 11.8 Å². The zero-order valence-corrected chi connectivity index (χ0v) is 16.7. The molecule has 0 amide bonds. The molecule has 9 nitrogen and oxygen atoms in total. The summed E-state index contributed by atoms with van der Waals surface area (Å²) in [6, 6.07) is 0. The number of guanidine groups is 1. The van der Waals surface area contributed by atoms with E-state index in [2.05, 4.69) is 32.4 Å². The number of rotatable bonds is 6. The minimum Gasteiger partial charge on any atom is -0.370 e. The van der Waals surface area contributed by atoms with Crippen molar-refractivity contribution in [3.8, 4) is 0 Å². The van der Waals surface area contributed by atoms with Gasteiger partial charge < -0.3 is 19.5 Å². The summed E-state index contributed by atoms with van der Waals surface area (Å²) in [7, 11) is 3.89. The first-order chi connectivity index (χ1) is 13.1. The van der Waals surface area contributed by atoms with Gasteiger partial charge in [0.25, 0.3) is 0 Å². The molecule has 0 radical (unpaired) electrons. The number of morpholine rings is 1. The van der Waals surface area contributed by atoms with Crippen LogP contribution in [-0.2, 0) is 25.4 Å². The molecule has 1 aliphatic rings. The summed E-state index contributed by atoms with van der Waals surface area (Å²) < 4.78 is 9.75. The minimum absolute atomic E-state index is 0.00250. The molecule has 9 heteroatoms. The van der Waals surface area contributed by atoms with E-state index < -0.39 is 0 Å². The third kappa shape index (κ3) is 4.85. The van der Waals surface area contributed by atoms with Crippen LogP contribution in [0, 0.1) is 6.92 Å². The zero-order valence-electron chi connectivity index (χ0n) is 16.7. The molecule has 1 unspecified atom stereocenters. The number of aryl methyl sites for hydroxylation is 2. The van der Waals surface area contributed by atoms with Gasteiger partial charge in [0.05, 0.1) is 19.3 Å². The maximum Gasteiger partial charge on any atom is 0.194 e. The first kappa shape index (κ1) is 19.3. The Hall–Kier alpha value is -2.42. The molecule has 0 aliphatic carbocycles. The summed E-state index contributed by atoms with van der Waals surface area (Å²) in [4.78, 5) is 7.09. The number of aromatic nitrogens is 5. The van der Waals surface area contributed by atoms with Crippen LogP contribution in [-0.4, -0.2) is 61.6 Å². The van der Waals surface area contributed by atoms with Crippen molar-refractivity contribution in [2.24, 2.45) is 19.1 Å². The largest absolute Gasteiger partial charge is 0.370 e. The Kier molecular flexibility index (Phi) is 6.44. The van der Waals surface area contributed by atoms with Crippen molar-refractivity contribution in [1.29, 1.82) is 0 Å². The van der Waals surface area contributed by atoms with E-state index in [1.165, 1.54) is 0 Å². The van der Waals surface area contributed by atoms with Crippen molar-refractivity contribution >= 4 is 5.96 Å². The van der Waals surface area contributed by atoms with Crippen molar-refractivity contribution in [2.75, 3.05) is 26.2 Å². The number of nitrogens with one attached hydrogen (secondary N) is 1. The van der Waals surface area contributed by atoms with E-state index >= 15 is 0 Å². The van der Waals surface area contributed by atoms with E-state index in [4.69, 9.17) is 9.73 Å². The van der Waals surface area contributed by atoms with Crippen LogP contribution in [0.15, 0.2) is 17.4 Å². The lowest BCUT2D eigenvalue weighted by Crippen LogP contribution is -2.48. The van der Waals surface area contributed by atoms with Gasteiger partial charge in [-0.1, -0.05) is 13.3 Å². The topological polar surface area (TPSA) is 85.4 Å². The van der Waals surface area contributed by atoms with E-state index in [1.54, 1.807) is 0 Å². The summed E-state index contributed by atoms with van der Waals surface area (Å²) in [6.45, 7) is 7.77. The quantitative estimate of drug-likeness (QED) is 0.464. The van der Waals surface area contributed by atoms with Crippen LogP contribution >= 0.6 is 0 Å². The van der Waals surface area contributed by atoms with Gasteiger partial charge in [0.2, 0.25) is 0 Å². The zero-order chi connectivity index (χ0) is 19.2. The van der Waals surface area contributed by atoms with Gasteiger partial charge in [-0.15, -0.1) is 10.2 Å². The van der Waals surface area contributed by atoms with Gasteiger partial charge in [0, 0.05) is 38.9 Å². The normalized spacial score (nSPS) is 18.1. The second kappa shape index (κ2) is 8.98. The highest BCUT2D eigenvalue weighted by Gasteiger charge is 2.25. The lowest BCUT2D eigenvalue weighted by Gasteiger charge is -2.35. The summed E-state index contributed by atoms with van der Waals surface area (Å²) in [5.41, 5.74) is 1.10. The van der Waals surface area contributed by atoms with Gasteiger partial charge in [0.1, 0.15) is 18.5 Å². The van der Waals surface area contributed by atoms with Crippen LogP contribution in [0.1, 0.15) is 43.1 Å². The van der Waals surface area contributed by atoms with Crippen molar-refractivity contribution in [1.82, 2.24) is 34.8 Å². The van der Waals surface area contributed by atoms with Gasteiger partial charge in [-0.25, -0.2) is 4.99 Å². The first-order valence-corrected chi connectivity index (χ1v) is 9.56. The average Bonchev–Trinajstić information content (AvgIpc) is 3.25. The molecule has 3 heterocycles. The maximum atomic E-state index is 5.96. The molecule has 0 aromatic carbocycles. The third-order valence-electron chi connectivity index (χ3n) is 4.83.